The van der Waals surface area contributed by atoms with Gasteiger partial charge in [0, 0.05) is 30.6 Å². The summed E-state index contributed by atoms with van der Waals surface area (Å²) in [5.74, 6) is 1.12. The van der Waals surface area contributed by atoms with Gasteiger partial charge in [0.05, 0.1) is 11.7 Å². The molecule has 0 aliphatic carbocycles. The highest BCUT2D eigenvalue weighted by atomic mass is 15.4. The summed E-state index contributed by atoms with van der Waals surface area (Å²) < 4.78 is 2.15. The highest BCUT2D eigenvalue weighted by molar-refractivity contribution is 5.62. The SMILES string of the molecule is CC(C)(C)C1CCNc2cc(-c3ccncc3)nn21. The molecule has 4 heteroatoms. The summed E-state index contributed by atoms with van der Waals surface area (Å²) in [6.07, 6.45) is 4.73. The molecule has 2 aromatic heterocycles. The lowest BCUT2D eigenvalue weighted by Gasteiger charge is -2.35. The number of nitrogens with zero attached hydrogens (tertiary/aromatic N) is 3. The number of fused-ring (bicyclic) bond motifs is 1. The van der Waals surface area contributed by atoms with E-state index in [9.17, 15) is 0 Å². The molecule has 0 spiro atoms. The summed E-state index contributed by atoms with van der Waals surface area (Å²) in [6.45, 7) is 7.85. The van der Waals surface area contributed by atoms with Crippen molar-refractivity contribution in [3.8, 4) is 11.3 Å². The van der Waals surface area contributed by atoms with Crippen molar-refractivity contribution in [2.24, 2.45) is 5.41 Å². The van der Waals surface area contributed by atoms with Crippen molar-refractivity contribution in [2.75, 3.05) is 11.9 Å². The van der Waals surface area contributed by atoms with Gasteiger partial charge in [-0.05, 0) is 24.0 Å². The Kier molecular flexibility index (Phi) is 2.81. The van der Waals surface area contributed by atoms with E-state index >= 15 is 0 Å². The van der Waals surface area contributed by atoms with E-state index in [2.05, 4.69) is 41.8 Å². The molecule has 1 aliphatic heterocycles. The molecule has 0 saturated carbocycles. The van der Waals surface area contributed by atoms with Crippen molar-refractivity contribution >= 4 is 5.82 Å². The Balaban J connectivity index is 2.03. The first kappa shape index (κ1) is 12.2. The molecule has 1 aliphatic rings. The van der Waals surface area contributed by atoms with Crippen LogP contribution in [0.4, 0.5) is 5.82 Å². The highest BCUT2D eigenvalue weighted by Gasteiger charge is 2.31. The molecular formula is C15H20N4. The average Bonchev–Trinajstić information content (AvgIpc) is 2.82. The summed E-state index contributed by atoms with van der Waals surface area (Å²) >= 11 is 0. The fourth-order valence-electron chi connectivity index (χ4n) is 2.69. The molecule has 3 heterocycles. The van der Waals surface area contributed by atoms with Gasteiger partial charge in [0.15, 0.2) is 0 Å². The van der Waals surface area contributed by atoms with Crippen molar-refractivity contribution < 1.29 is 0 Å². The minimum atomic E-state index is 0.221. The van der Waals surface area contributed by atoms with Crippen LogP contribution in [0.25, 0.3) is 11.3 Å². The molecule has 100 valence electrons. The Bertz CT molecular complexity index is 566. The fourth-order valence-corrected chi connectivity index (χ4v) is 2.69. The fraction of sp³-hybridized carbons (Fsp3) is 0.467. The zero-order valence-electron chi connectivity index (χ0n) is 11.7. The van der Waals surface area contributed by atoms with Crippen LogP contribution in [0.15, 0.2) is 30.6 Å². The van der Waals surface area contributed by atoms with Crippen LogP contribution in [0.2, 0.25) is 0 Å². The molecule has 1 unspecified atom stereocenters. The van der Waals surface area contributed by atoms with Gasteiger partial charge in [-0.15, -0.1) is 0 Å². The second-order valence-electron chi connectivity index (χ2n) is 6.19. The average molecular weight is 256 g/mol. The molecular weight excluding hydrogens is 236 g/mol. The Morgan fingerprint density at radius 1 is 1.26 bits per heavy atom. The summed E-state index contributed by atoms with van der Waals surface area (Å²) in [5.41, 5.74) is 2.35. The summed E-state index contributed by atoms with van der Waals surface area (Å²) in [5, 5.41) is 8.23. The van der Waals surface area contributed by atoms with Gasteiger partial charge in [-0.25, -0.2) is 4.68 Å². The lowest BCUT2D eigenvalue weighted by molar-refractivity contribution is 0.211. The summed E-state index contributed by atoms with van der Waals surface area (Å²) in [4.78, 5) is 4.06. The summed E-state index contributed by atoms with van der Waals surface area (Å²) in [7, 11) is 0. The van der Waals surface area contributed by atoms with E-state index in [0.29, 0.717) is 6.04 Å². The third-order valence-corrected chi connectivity index (χ3v) is 3.73. The molecule has 1 N–H and O–H groups in total. The second kappa shape index (κ2) is 4.37. The van der Waals surface area contributed by atoms with Crippen molar-refractivity contribution in [1.82, 2.24) is 14.8 Å². The van der Waals surface area contributed by atoms with E-state index in [1.807, 2.05) is 24.5 Å². The molecule has 3 rings (SSSR count). The predicted molar refractivity (Wildman–Crippen MR) is 77.1 cm³/mol. The number of hydrogen-bond acceptors (Lipinski definition) is 3. The van der Waals surface area contributed by atoms with Crippen molar-refractivity contribution in [2.45, 2.75) is 33.2 Å². The zero-order valence-corrected chi connectivity index (χ0v) is 11.7. The molecule has 0 aromatic carbocycles. The third kappa shape index (κ3) is 2.23. The van der Waals surface area contributed by atoms with E-state index in [-0.39, 0.29) is 5.41 Å². The quantitative estimate of drug-likeness (QED) is 0.851. The Labute approximate surface area is 113 Å². The number of rotatable bonds is 1. The van der Waals surface area contributed by atoms with Gasteiger partial charge in [0.25, 0.3) is 0 Å². The normalized spacial score (nSPS) is 18.8. The monoisotopic (exact) mass is 256 g/mol. The lowest BCUT2D eigenvalue weighted by Crippen LogP contribution is -2.32. The smallest absolute Gasteiger partial charge is 0.125 e. The summed E-state index contributed by atoms with van der Waals surface area (Å²) in [6, 6.07) is 6.58. The topological polar surface area (TPSA) is 42.7 Å². The molecule has 2 aromatic rings. The van der Waals surface area contributed by atoms with Gasteiger partial charge < -0.3 is 5.32 Å². The van der Waals surface area contributed by atoms with Gasteiger partial charge in [-0.3, -0.25) is 4.98 Å². The molecule has 19 heavy (non-hydrogen) atoms. The van der Waals surface area contributed by atoms with Crippen molar-refractivity contribution in [3.63, 3.8) is 0 Å². The largest absolute Gasteiger partial charge is 0.370 e. The molecule has 1 atom stereocenters. The van der Waals surface area contributed by atoms with E-state index < -0.39 is 0 Å². The number of aromatic nitrogens is 3. The van der Waals surface area contributed by atoms with Crippen LogP contribution in [0.1, 0.15) is 33.2 Å². The van der Waals surface area contributed by atoms with Crippen LogP contribution in [0, 0.1) is 5.41 Å². The highest BCUT2D eigenvalue weighted by Crippen LogP contribution is 2.38. The maximum atomic E-state index is 4.80. The van der Waals surface area contributed by atoms with Gasteiger partial charge >= 0.3 is 0 Å². The van der Waals surface area contributed by atoms with Crippen LogP contribution in [0.5, 0.6) is 0 Å². The first-order chi connectivity index (χ1) is 9.05. The van der Waals surface area contributed by atoms with Gasteiger partial charge in [-0.1, -0.05) is 20.8 Å². The van der Waals surface area contributed by atoms with Gasteiger partial charge in [-0.2, -0.15) is 5.10 Å². The van der Waals surface area contributed by atoms with Gasteiger partial charge in [0.2, 0.25) is 0 Å². The molecule has 0 radical (unpaired) electrons. The maximum absolute atomic E-state index is 4.80. The van der Waals surface area contributed by atoms with E-state index in [0.717, 1.165) is 30.0 Å². The van der Waals surface area contributed by atoms with Crippen LogP contribution in [-0.4, -0.2) is 21.3 Å². The standard InChI is InChI=1S/C15H20N4/c1-15(2,3)13-6-9-17-14-10-12(18-19(13)14)11-4-7-16-8-5-11/h4-5,7-8,10,13,17H,6,9H2,1-3H3. The molecule has 0 fully saturated rings. The minimum Gasteiger partial charge on any atom is -0.370 e. The first-order valence-electron chi connectivity index (χ1n) is 6.79. The van der Waals surface area contributed by atoms with E-state index in [4.69, 9.17) is 5.10 Å². The van der Waals surface area contributed by atoms with Crippen LogP contribution >= 0.6 is 0 Å². The Hall–Kier alpha value is -1.84. The van der Waals surface area contributed by atoms with Crippen LogP contribution in [-0.2, 0) is 0 Å². The molecule has 0 bridgehead atoms. The number of anilines is 1. The van der Waals surface area contributed by atoms with Gasteiger partial charge in [0.1, 0.15) is 5.82 Å². The third-order valence-electron chi connectivity index (χ3n) is 3.73. The second-order valence-corrected chi connectivity index (χ2v) is 6.19. The van der Waals surface area contributed by atoms with E-state index in [1.165, 1.54) is 0 Å². The molecule has 4 nitrogen and oxygen atoms in total. The molecule has 0 saturated heterocycles. The first-order valence-corrected chi connectivity index (χ1v) is 6.79. The lowest BCUT2D eigenvalue weighted by atomic mass is 9.84. The van der Waals surface area contributed by atoms with Crippen LogP contribution in [0.3, 0.4) is 0 Å². The maximum Gasteiger partial charge on any atom is 0.125 e. The molecule has 0 amide bonds. The Morgan fingerprint density at radius 2 is 2.00 bits per heavy atom. The van der Waals surface area contributed by atoms with Crippen LogP contribution < -0.4 is 5.32 Å². The minimum absolute atomic E-state index is 0.221. The number of hydrogen-bond donors (Lipinski definition) is 1. The number of pyridine rings is 1. The number of nitrogens with one attached hydrogen (secondary N) is 1. The van der Waals surface area contributed by atoms with Crippen molar-refractivity contribution in [1.29, 1.82) is 0 Å². The zero-order chi connectivity index (χ0) is 13.5. The predicted octanol–water partition coefficient (Wildman–Crippen LogP) is 3.35. The van der Waals surface area contributed by atoms with Crippen molar-refractivity contribution in [3.05, 3.63) is 30.6 Å². The Morgan fingerprint density at radius 3 is 2.68 bits per heavy atom. The van der Waals surface area contributed by atoms with E-state index in [1.54, 1.807) is 0 Å².